The molecule has 1 atom stereocenters. The van der Waals surface area contributed by atoms with Crippen molar-refractivity contribution >= 4 is 34.3 Å². The van der Waals surface area contributed by atoms with Gasteiger partial charge in [-0.1, -0.05) is 34.3 Å². The first kappa shape index (κ1) is 11.0. The van der Waals surface area contributed by atoms with Crippen molar-refractivity contribution in [2.75, 3.05) is 5.75 Å². The summed E-state index contributed by atoms with van der Waals surface area (Å²) in [5.74, 6) is 0.0939. The minimum atomic E-state index is -2.02. The minimum absolute atomic E-state index is 0.0939. The number of benzene rings is 1. The summed E-state index contributed by atoms with van der Waals surface area (Å²) in [5, 5.41) is 1.05. The molecular weight excluding hydrogens is 231 g/mol. The highest BCUT2D eigenvalue weighted by atomic mass is 35.5. The summed E-state index contributed by atoms with van der Waals surface area (Å²) in [6.07, 6.45) is 0.441. The molecule has 72 valence electrons. The van der Waals surface area contributed by atoms with Gasteiger partial charge < -0.3 is 4.55 Å². The molecule has 1 unspecified atom stereocenters. The van der Waals surface area contributed by atoms with Gasteiger partial charge in [-0.15, -0.1) is 0 Å². The highest BCUT2D eigenvalue weighted by Crippen LogP contribution is 2.19. The Labute approximate surface area is 89.1 Å². The predicted octanol–water partition coefficient (Wildman–Crippen LogP) is 2.42. The average Bonchev–Trinajstić information content (AvgIpc) is 1.99. The molecule has 1 aromatic rings. The Hall–Kier alpha value is -0.0900. The van der Waals surface area contributed by atoms with E-state index < -0.39 is 11.1 Å². The third kappa shape index (κ3) is 4.09. The van der Waals surface area contributed by atoms with Gasteiger partial charge in [0, 0.05) is 15.8 Å². The van der Waals surface area contributed by atoms with E-state index in [4.69, 9.17) is 23.2 Å². The zero-order valence-electron chi connectivity index (χ0n) is 6.63. The summed E-state index contributed by atoms with van der Waals surface area (Å²) >= 11 is 9.44. The Bertz CT molecular complexity index is 308. The number of hydrogen-bond donors (Lipinski definition) is 0. The van der Waals surface area contributed by atoms with Gasteiger partial charge in [0.2, 0.25) is 0 Å². The fourth-order valence-corrected chi connectivity index (χ4v) is 1.93. The maximum atomic E-state index is 10.3. The molecule has 0 aliphatic rings. The molecule has 0 spiro atoms. The molecule has 2 nitrogen and oxygen atoms in total. The Morgan fingerprint density at radius 2 is 1.77 bits per heavy atom. The van der Waals surface area contributed by atoms with Crippen molar-refractivity contribution in [1.29, 1.82) is 0 Å². The molecule has 0 heterocycles. The van der Waals surface area contributed by atoms with Gasteiger partial charge in [0.05, 0.1) is 0 Å². The highest BCUT2D eigenvalue weighted by Gasteiger charge is 1.98. The van der Waals surface area contributed by atoms with Crippen molar-refractivity contribution in [3.8, 4) is 0 Å². The molecule has 13 heavy (non-hydrogen) atoms. The van der Waals surface area contributed by atoms with Gasteiger partial charge in [-0.05, 0) is 30.2 Å². The van der Waals surface area contributed by atoms with Gasteiger partial charge in [0.25, 0.3) is 0 Å². The van der Waals surface area contributed by atoms with Crippen LogP contribution in [0.1, 0.15) is 5.56 Å². The topological polar surface area (TPSA) is 40.1 Å². The molecule has 5 heteroatoms. The van der Waals surface area contributed by atoms with Crippen LogP contribution in [-0.2, 0) is 17.5 Å². The normalized spacial score (nSPS) is 12.8. The van der Waals surface area contributed by atoms with Crippen LogP contribution in [-0.4, -0.2) is 14.5 Å². The SMILES string of the molecule is O=S([O-])CCc1cc(Cl)cc(Cl)c1. The van der Waals surface area contributed by atoms with Crippen molar-refractivity contribution in [2.45, 2.75) is 6.42 Å². The van der Waals surface area contributed by atoms with E-state index in [0.29, 0.717) is 16.5 Å². The van der Waals surface area contributed by atoms with Crippen LogP contribution in [0.5, 0.6) is 0 Å². The Kier molecular flexibility index (Phi) is 4.19. The second-order valence-electron chi connectivity index (χ2n) is 2.54. The molecule has 0 aromatic heterocycles. The van der Waals surface area contributed by atoms with Crippen LogP contribution in [0.2, 0.25) is 10.0 Å². The van der Waals surface area contributed by atoms with Gasteiger partial charge in [0.15, 0.2) is 0 Å². The standard InChI is InChI=1S/C8H8Cl2O2S/c9-7-3-6(1-2-13(11)12)4-8(10)5-7/h3-5H,1-2H2,(H,11,12)/p-1. The quantitative estimate of drug-likeness (QED) is 0.758. The number of aryl methyl sites for hydroxylation is 1. The summed E-state index contributed by atoms with van der Waals surface area (Å²) in [6.45, 7) is 0. The van der Waals surface area contributed by atoms with E-state index in [1.807, 2.05) is 0 Å². The van der Waals surface area contributed by atoms with E-state index in [1.165, 1.54) is 0 Å². The Morgan fingerprint density at radius 1 is 1.23 bits per heavy atom. The van der Waals surface area contributed by atoms with Crippen LogP contribution >= 0.6 is 23.2 Å². The zero-order chi connectivity index (χ0) is 9.84. The van der Waals surface area contributed by atoms with Gasteiger partial charge >= 0.3 is 0 Å². The summed E-state index contributed by atoms with van der Waals surface area (Å²) in [4.78, 5) is 0. The molecule has 0 fully saturated rings. The second kappa shape index (κ2) is 4.96. The van der Waals surface area contributed by atoms with E-state index in [-0.39, 0.29) is 5.75 Å². The van der Waals surface area contributed by atoms with Crippen molar-refractivity contribution in [1.82, 2.24) is 0 Å². The van der Waals surface area contributed by atoms with Gasteiger partial charge in [-0.2, -0.15) is 0 Å². The van der Waals surface area contributed by atoms with E-state index in [1.54, 1.807) is 18.2 Å². The van der Waals surface area contributed by atoms with Gasteiger partial charge in [0.1, 0.15) is 0 Å². The number of halogens is 2. The number of hydrogen-bond acceptors (Lipinski definition) is 2. The zero-order valence-corrected chi connectivity index (χ0v) is 8.96. The molecule has 0 saturated carbocycles. The monoisotopic (exact) mass is 237 g/mol. The second-order valence-corrected chi connectivity index (χ2v) is 4.42. The van der Waals surface area contributed by atoms with Gasteiger partial charge in [-0.3, -0.25) is 4.21 Å². The molecule has 0 aliphatic carbocycles. The molecule has 0 N–H and O–H groups in total. The molecule has 0 aliphatic heterocycles. The fraction of sp³-hybridized carbons (Fsp3) is 0.250. The van der Waals surface area contributed by atoms with Crippen molar-refractivity contribution in [2.24, 2.45) is 0 Å². The van der Waals surface area contributed by atoms with Crippen LogP contribution in [0.15, 0.2) is 18.2 Å². The van der Waals surface area contributed by atoms with Gasteiger partial charge in [-0.25, -0.2) is 0 Å². The van der Waals surface area contributed by atoms with E-state index in [2.05, 4.69) is 0 Å². The first-order chi connectivity index (χ1) is 6.08. The molecule has 1 rings (SSSR count). The van der Waals surface area contributed by atoms with E-state index in [9.17, 15) is 8.76 Å². The van der Waals surface area contributed by atoms with E-state index >= 15 is 0 Å². The van der Waals surface area contributed by atoms with Crippen molar-refractivity contribution in [3.05, 3.63) is 33.8 Å². The van der Waals surface area contributed by atoms with Crippen LogP contribution in [0, 0.1) is 0 Å². The lowest BCUT2D eigenvalue weighted by Crippen LogP contribution is -1.99. The average molecular weight is 238 g/mol. The predicted molar refractivity (Wildman–Crippen MR) is 54.0 cm³/mol. The molecule has 0 radical (unpaired) electrons. The molecule has 0 bridgehead atoms. The van der Waals surface area contributed by atoms with Crippen LogP contribution < -0.4 is 0 Å². The fourth-order valence-electron chi connectivity index (χ4n) is 0.956. The first-order valence-corrected chi connectivity index (χ1v) is 5.59. The first-order valence-electron chi connectivity index (χ1n) is 3.59. The smallest absolute Gasteiger partial charge is 0.0423 e. The maximum Gasteiger partial charge on any atom is 0.0423 e. The number of rotatable bonds is 3. The van der Waals surface area contributed by atoms with Crippen molar-refractivity contribution < 1.29 is 8.76 Å². The molecular formula is C8H7Cl2O2S-. The molecule has 0 amide bonds. The summed E-state index contributed by atoms with van der Waals surface area (Å²) in [5.41, 5.74) is 0.835. The summed E-state index contributed by atoms with van der Waals surface area (Å²) in [7, 11) is 0. The largest absolute Gasteiger partial charge is 0.772 e. The minimum Gasteiger partial charge on any atom is -0.772 e. The van der Waals surface area contributed by atoms with Crippen molar-refractivity contribution in [3.63, 3.8) is 0 Å². The van der Waals surface area contributed by atoms with Crippen LogP contribution in [0.4, 0.5) is 0 Å². The van der Waals surface area contributed by atoms with E-state index in [0.717, 1.165) is 5.56 Å². The summed E-state index contributed by atoms with van der Waals surface area (Å²) in [6, 6.07) is 5.03. The highest BCUT2D eigenvalue weighted by molar-refractivity contribution is 7.79. The molecule has 1 aromatic carbocycles. The lowest BCUT2D eigenvalue weighted by atomic mass is 10.2. The Balaban J connectivity index is 2.71. The third-order valence-corrected chi connectivity index (χ3v) is 2.45. The lowest BCUT2D eigenvalue weighted by Gasteiger charge is -2.05. The molecule has 0 saturated heterocycles. The summed E-state index contributed by atoms with van der Waals surface area (Å²) < 4.78 is 20.6. The maximum absolute atomic E-state index is 10.3. The Morgan fingerprint density at radius 3 is 2.23 bits per heavy atom. The van der Waals surface area contributed by atoms with Crippen LogP contribution in [0.25, 0.3) is 0 Å². The lowest BCUT2D eigenvalue weighted by molar-refractivity contribution is 0.536. The van der Waals surface area contributed by atoms with Crippen LogP contribution in [0.3, 0.4) is 0 Å². The third-order valence-electron chi connectivity index (χ3n) is 1.48.